The fraction of sp³-hybridized carbons (Fsp3) is 0.250. The number of ether oxygens (including phenoxy) is 3. The Morgan fingerprint density at radius 1 is 1.28 bits per heavy atom. The average molecular weight is 339 g/mol. The predicted molar refractivity (Wildman–Crippen MR) is 96.7 cm³/mol. The van der Waals surface area contributed by atoms with Crippen LogP contribution < -0.4 is 14.8 Å². The molecular weight excluding hydrogens is 318 g/mol. The third-order valence-corrected chi connectivity index (χ3v) is 3.97. The van der Waals surface area contributed by atoms with Crippen molar-refractivity contribution in [1.82, 2.24) is 5.32 Å². The van der Waals surface area contributed by atoms with Gasteiger partial charge in [-0.1, -0.05) is 30.3 Å². The molecule has 0 aromatic heterocycles. The molecule has 0 radical (unpaired) electrons. The SMILES string of the molecule is CCOC(=O)NC1COc2ccc(OC)cc2C1=Cc1ccccc1. The molecule has 0 saturated heterocycles. The maximum Gasteiger partial charge on any atom is 0.407 e. The lowest BCUT2D eigenvalue weighted by atomic mass is 9.93. The number of alkyl carbamates (subject to hydrolysis) is 1. The van der Waals surface area contributed by atoms with Crippen LogP contribution >= 0.6 is 0 Å². The number of benzene rings is 2. The maximum atomic E-state index is 11.9. The molecule has 3 rings (SSSR count). The lowest BCUT2D eigenvalue weighted by Crippen LogP contribution is -2.42. The molecular formula is C20H21NO4. The van der Waals surface area contributed by atoms with Crippen molar-refractivity contribution >= 4 is 17.7 Å². The Kier molecular flexibility index (Phi) is 5.23. The van der Waals surface area contributed by atoms with Gasteiger partial charge in [0.15, 0.2) is 0 Å². The van der Waals surface area contributed by atoms with Gasteiger partial charge in [-0.05, 0) is 42.3 Å². The number of fused-ring (bicyclic) bond motifs is 1. The first-order valence-corrected chi connectivity index (χ1v) is 8.22. The van der Waals surface area contributed by atoms with Gasteiger partial charge >= 0.3 is 6.09 Å². The lowest BCUT2D eigenvalue weighted by Gasteiger charge is -2.29. The van der Waals surface area contributed by atoms with Crippen LogP contribution in [0.15, 0.2) is 48.5 Å². The highest BCUT2D eigenvalue weighted by Gasteiger charge is 2.27. The summed E-state index contributed by atoms with van der Waals surface area (Å²) in [6.45, 7) is 2.44. The van der Waals surface area contributed by atoms with Crippen molar-refractivity contribution in [2.24, 2.45) is 0 Å². The van der Waals surface area contributed by atoms with Gasteiger partial charge < -0.3 is 19.5 Å². The van der Waals surface area contributed by atoms with Crippen LogP contribution in [-0.2, 0) is 4.74 Å². The van der Waals surface area contributed by atoms with Crippen molar-refractivity contribution in [1.29, 1.82) is 0 Å². The highest BCUT2D eigenvalue weighted by atomic mass is 16.5. The van der Waals surface area contributed by atoms with Gasteiger partial charge in [0.25, 0.3) is 0 Å². The highest BCUT2D eigenvalue weighted by molar-refractivity contribution is 5.89. The molecule has 1 N–H and O–H groups in total. The first-order valence-electron chi connectivity index (χ1n) is 8.22. The van der Waals surface area contributed by atoms with Gasteiger partial charge in [-0.2, -0.15) is 0 Å². The fourth-order valence-corrected chi connectivity index (χ4v) is 2.78. The first kappa shape index (κ1) is 16.9. The number of methoxy groups -OCH3 is 1. The highest BCUT2D eigenvalue weighted by Crippen LogP contribution is 2.37. The number of nitrogens with one attached hydrogen (secondary N) is 1. The number of carbonyl (C=O) groups excluding carboxylic acids is 1. The van der Waals surface area contributed by atoms with E-state index in [2.05, 4.69) is 11.4 Å². The van der Waals surface area contributed by atoms with Gasteiger partial charge in [-0.3, -0.25) is 0 Å². The van der Waals surface area contributed by atoms with Crippen LogP contribution in [0.2, 0.25) is 0 Å². The Morgan fingerprint density at radius 2 is 2.08 bits per heavy atom. The quantitative estimate of drug-likeness (QED) is 0.922. The van der Waals surface area contributed by atoms with Gasteiger partial charge in [0.05, 0.1) is 19.8 Å². The third kappa shape index (κ3) is 3.94. The van der Waals surface area contributed by atoms with Crippen molar-refractivity contribution in [2.45, 2.75) is 13.0 Å². The van der Waals surface area contributed by atoms with E-state index in [1.807, 2.05) is 48.5 Å². The van der Waals surface area contributed by atoms with Gasteiger partial charge in [-0.25, -0.2) is 4.79 Å². The molecule has 25 heavy (non-hydrogen) atoms. The number of amides is 1. The Bertz CT molecular complexity index is 771. The number of hydrogen-bond donors (Lipinski definition) is 1. The van der Waals surface area contributed by atoms with Crippen LogP contribution in [0.1, 0.15) is 18.1 Å². The summed E-state index contributed by atoms with van der Waals surface area (Å²) in [6.07, 6.45) is 1.60. The minimum Gasteiger partial charge on any atom is -0.497 e. The van der Waals surface area contributed by atoms with Gasteiger partial charge in [0.2, 0.25) is 0 Å². The summed E-state index contributed by atoms with van der Waals surface area (Å²) in [7, 11) is 1.63. The Hall–Kier alpha value is -2.95. The topological polar surface area (TPSA) is 56.8 Å². The second kappa shape index (κ2) is 7.75. The molecule has 1 unspecified atom stereocenters. The summed E-state index contributed by atoms with van der Waals surface area (Å²) in [5.74, 6) is 1.50. The molecule has 0 fully saturated rings. The van der Waals surface area contributed by atoms with Gasteiger partial charge in [-0.15, -0.1) is 0 Å². The van der Waals surface area contributed by atoms with E-state index in [1.54, 1.807) is 14.0 Å². The standard InChI is InChI=1S/C20H21NO4/c1-3-24-20(22)21-18-13-25-19-10-9-15(23-2)12-17(19)16(18)11-14-7-5-4-6-8-14/h4-12,18H,3,13H2,1-2H3,(H,21,22). The van der Waals surface area contributed by atoms with E-state index in [9.17, 15) is 4.79 Å². The minimum absolute atomic E-state index is 0.307. The molecule has 5 nitrogen and oxygen atoms in total. The molecule has 0 bridgehead atoms. The molecule has 0 aliphatic carbocycles. The Labute approximate surface area is 147 Å². The molecule has 130 valence electrons. The van der Waals surface area contributed by atoms with Gasteiger partial charge in [0, 0.05) is 5.56 Å². The zero-order valence-corrected chi connectivity index (χ0v) is 14.3. The Morgan fingerprint density at radius 3 is 2.80 bits per heavy atom. The normalized spacial score (nSPS) is 17.4. The van der Waals surface area contributed by atoms with Crippen LogP contribution in [-0.4, -0.2) is 32.5 Å². The second-order valence-electron chi connectivity index (χ2n) is 5.60. The van der Waals surface area contributed by atoms with Crippen molar-refractivity contribution in [2.75, 3.05) is 20.3 Å². The molecule has 1 amide bonds. The summed E-state index contributed by atoms with van der Waals surface area (Å²) >= 11 is 0. The number of hydrogen-bond acceptors (Lipinski definition) is 4. The van der Waals surface area contributed by atoms with Crippen LogP contribution in [0.25, 0.3) is 11.6 Å². The van der Waals surface area contributed by atoms with E-state index in [4.69, 9.17) is 14.2 Å². The Balaban J connectivity index is 2.01. The van der Waals surface area contributed by atoms with E-state index in [1.165, 1.54) is 0 Å². The van der Waals surface area contributed by atoms with E-state index in [0.29, 0.717) is 13.2 Å². The van der Waals surface area contributed by atoms with Crippen molar-refractivity contribution in [3.8, 4) is 11.5 Å². The summed E-state index contributed by atoms with van der Waals surface area (Å²) in [5.41, 5.74) is 2.90. The van der Waals surface area contributed by atoms with Crippen LogP contribution in [0.5, 0.6) is 11.5 Å². The number of rotatable bonds is 4. The van der Waals surface area contributed by atoms with E-state index < -0.39 is 6.09 Å². The molecule has 1 heterocycles. The lowest BCUT2D eigenvalue weighted by molar-refractivity contribution is 0.146. The second-order valence-corrected chi connectivity index (χ2v) is 5.60. The summed E-state index contributed by atoms with van der Waals surface area (Å²) in [5, 5.41) is 2.87. The predicted octanol–water partition coefficient (Wildman–Crippen LogP) is 3.74. The molecule has 1 atom stereocenters. The first-order chi connectivity index (χ1) is 12.2. The van der Waals surface area contributed by atoms with Crippen LogP contribution in [0.4, 0.5) is 4.79 Å². The molecule has 2 aromatic carbocycles. The monoisotopic (exact) mass is 339 g/mol. The smallest absolute Gasteiger partial charge is 0.407 e. The van der Waals surface area contributed by atoms with Crippen LogP contribution in [0.3, 0.4) is 0 Å². The van der Waals surface area contributed by atoms with Crippen molar-refractivity contribution < 1.29 is 19.0 Å². The minimum atomic E-state index is -0.457. The molecule has 5 heteroatoms. The summed E-state index contributed by atoms with van der Waals surface area (Å²) < 4.78 is 16.2. The number of carbonyl (C=O) groups is 1. The zero-order valence-electron chi connectivity index (χ0n) is 14.3. The largest absolute Gasteiger partial charge is 0.497 e. The molecule has 0 saturated carbocycles. The molecule has 1 aliphatic rings. The van der Waals surface area contributed by atoms with E-state index in [0.717, 1.165) is 28.2 Å². The van der Waals surface area contributed by atoms with Crippen molar-refractivity contribution in [3.05, 3.63) is 59.7 Å². The molecule has 2 aromatic rings. The molecule has 0 spiro atoms. The molecule has 1 aliphatic heterocycles. The van der Waals surface area contributed by atoms with Crippen LogP contribution in [0, 0.1) is 0 Å². The van der Waals surface area contributed by atoms with Gasteiger partial charge in [0.1, 0.15) is 18.1 Å². The average Bonchev–Trinajstić information content (AvgIpc) is 2.64. The van der Waals surface area contributed by atoms with Crippen molar-refractivity contribution in [3.63, 3.8) is 0 Å². The summed E-state index contributed by atoms with van der Waals surface area (Å²) in [6, 6.07) is 15.3. The fourth-order valence-electron chi connectivity index (χ4n) is 2.78. The van der Waals surface area contributed by atoms with E-state index in [-0.39, 0.29) is 6.04 Å². The zero-order chi connectivity index (χ0) is 17.6. The third-order valence-electron chi connectivity index (χ3n) is 3.97. The summed E-state index contributed by atoms with van der Waals surface area (Å²) in [4.78, 5) is 11.9. The maximum absolute atomic E-state index is 11.9. The van der Waals surface area contributed by atoms with E-state index >= 15 is 0 Å².